The fraction of sp³-hybridized carbons (Fsp3) is 0.375. The van der Waals surface area contributed by atoms with Crippen molar-refractivity contribution in [1.82, 2.24) is 15.2 Å². The molecule has 0 bridgehead atoms. The summed E-state index contributed by atoms with van der Waals surface area (Å²) < 4.78 is 13.8. The van der Waals surface area contributed by atoms with Crippen molar-refractivity contribution in [2.45, 2.75) is 25.1 Å². The molecule has 0 unspecified atom stereocenters. The molecule has 1 aliphatic rings. The van der Waals surface area contributed by atoms with E-state index < -0.39 is 6.10 Å². The Kier molecular flexibility index (Phi) is 5.08. The minimum atomic E-state index is -0.611. The van der Waals surface area contributed by atoms with E-state index in [9.17, 15) is 19.4 Å². The van der Waals surface area contributed by atoms with E-state index in [4.69, 9.17) is 0 Å². The Morgan fingerprint density at radius 1 is 1.46 bits per heavy atom. The first-order valence-electron chi connectivity index (χ1n) is 7.61. The SMILES string of the molecule is O=C(NCc1nc(-c2ccccc2F)cs1)N1C[C@@H](O)C[C@H]1CO. The van der Waals surface area contributed by atoms with Gasteiger partial charge in [-0.3, -0.25) is 0 Å². The summed E-state index contributed by atoms with van der Waals surface area (Å²) in [6.07, 6.45) is -0.237. The van der Waals surface area contributed by atoms with Gasteiger partial charge in [-0.1, -0.05) is 12.1 Å². The summed E-state index contributed by atoms with van der Waals surface area (Å²) >= 11 is 1.33. The number of thiazole rings is 1. The summed E-state index contributed by atoms with van der Waals surface area (Å²) in [5.41, 5.74) is 0.960. The molecular formula is C16H18FN3O3S. The topological polar surface area (TPSA) is 85.7 Å². The van der Waals surface area contributed by atoms with E-state index in [-0.39, 0.29) is 37.6 Å². The molecule has 2 aromatic rings. The fourth-order valence-electron chi connectivity index (χ4n) is 2.75. The molecule has 2 atom stereocenters. The number of rotatable bonds is 4. The number of amides is 2. The average Bonchev–Trinajstić information content (AvgIpc) is 3.19. The monoisotopic (exact) mass is 351 g/mol. The van der Waals surface area contributed by atoms with Gasteiger partial charge in [-0.25, -0.2) is 14.2 Å². The minimum absolute atomic E-state index is 0.181. The highest BCUT2D eigenvalue weighted by atomic mass is 32.1. The predicted octanol–water partition coefficient (Wildman–Crippen LogP) is 1.59. The lowest BCUT2D eigenvalue weighted by Gasteiger charge is -2.22. The Hall–Kier alpha value is -2.03. The van der Waals surface area contributed by atoms with E-state index >= 15 is 0 Å². The van der Waals surface area contributed by atoms with Crippen molar-refractivity contribution in [2.24, 2.45) is 0 Å². The summed E-state index contributed by atoms with van der Waals surface area (Å²) in [7, 11) is 0. The van der Waals surface area contributed by atoms with Gasteiger partial charge in [-0.05, 0) is 18.6 Å². The molecule has 6 nitrogen and oxygen atoms in total. The largest absolute Gasteiger partial charge is 0.394 e. The first-order chi connectivity index (χ1) is 11.6. The predicted molar refractivity (Wildman–Crippen MR) is 87.9 cm³/mol. The van der Waals surface area contributed by atoms with Gasteiger partial charge in [0.1, 0.15) is 10.8 Å². The standard InChI is InChI=1S/C16H18FN3O3S/c17-13-4-2-1-3-12(13)14-9-24-15(19-14)6-18-16(23)20-7-11(22)5-10(20)8-21/h1-4,9-11,21-22H,5-8H2,(H,18,23)/t10-,11-/m0/s1. The highest BCUT2D eigenvalue weighted by Gasteiger charge is 2.33. The van der Waals surface area contributed by atoms with Gasteiger partial charge in [0, 0.05) is 17.5 Å². The van der Waals surface area contributed by atoms with Gasteiger partial charge in [-0.15, -0.1) is 11.3 Å². The normalized spacial score (nSPS) is 20.4. The number of carbonyl (C=O) groups is 1. The summed E-state index contributed by atoms with van der Waals surface area (Å²) in [6.45, 7) is 0.233. The number of aliphatic hydroxyl groups excluding tert-OH is 2. The molecular weight excluding hydrogens is 333 g/mol. The second-order valence-electron chi connectivity index (χ2n) is 5.64. The number of nitrogens with zero attached hydrogens (tertiary/aromatic N) is 2. The van der Waals surface area contributed by atoms with Crippen molar-refractivity contribution in [3.05, 3.63) is 40.5 Å². The summed E-state index contributed by atoms with van der Waals surface area (Å²) in [5.74, 6) is -0.338. The lowest BCUT2D eigenvalue weighted by molar-refractivity contribution is 0.154. The van der Waals surface area contributed by atoms with Gasteiger partial charge < -0.3 is 20.4 Å². The summed E-state index contributed by atoms with van der Waals surface area (Å²) in [6, 6.07) is 5.67. The Morgan fingerprint density at radius 2 is 2.25 bits per heavy atom. The molecule has 2 amide bonds. The molecule has 24 heavy (non-hydrogen) atoms. The van der Waals surface area contributed by atoms with Crippen LogP contribution in [0.4, 0.5) is 9.18 Å². The molecule has 128 valence electrons. The molecule has 0 radical (unpaired) electrons. The van der Waals surface area contributed by atoms with Gasteiger partial charge in [0.15, 0.2) is 0 Å². The molecule has 2 heterocycles. The number of likely N-dealkylation sites (tertiary alicyclic amines) is 1. The van der Waals surface area contributed by atoms with E-state index in [1.54, 1.807) is 23.6 Å². The van der Waals surface area contributed by atoms with Crippen LogP contribution in [-0.4, -0.2) is 51.4 Å². The molecule has 1 aliphatic heterocycles. The van der Waals surface area contributed by atoms with Crippen molar-refractivity contribution in [2.75, 3.05) is 13.2 Å². The van der Waals surface area contributed by atoms with Crippen molar-refractivity contribution in [1.29, 1.82) is 0 Å². The molecule has 1 fully saturated rings. The van der Waals surface area contributed by atoms with Crippen LogP contribution in [0.2, 0.25) is 0 Å². The third-order valence-corrected chi connectivity index (χ3v) is 4.81. The maximum absolute atomic E-state index is 13.8. The second kappa shape index (κ2) is 7.25. The van der Waals surface area contributed by atoms with E-state index in [0.29, 0.717) is 22.7 Å². The maximum atomic E-state index is 13.8. The van der Waals surface area contributed by atoms with Crippen LogP contribution in [0, 0.1) is 5.82 Å². The number of aromatic nitrogens is 1. The van der Waals surface area contributed by atoms with Gasteiger partial charge in [-0.2, -0.15) is 0 Å². The van der Waals surface area contributed by atoms with Crippen molar-refractivity contribution < 1.29 is 19.4 Å². The third-order valence-electron chi connectivity index (χ3n) is 3.96. The Morgan fingerprint density at radius 3 is 3.00 bits per heavy atom. The van der Waals surface area contributed by atoms with Crippen LogP contribution < -0.4 is 5.32 Å². The van der Waals surface area contributed by atoms with Gasteiger partial charge in [0.05, 0.1) is 31.0 Å². The Bertz CT molecular complexity index is 724. The lowest BCUT2D eigenvalue weighted by Crippen LogP contribution is -2.44. The number of nitrogens with one attached hydrogen (secondary N) is 1. The number of benzene rings is 1. The number of β-amino-alcohol motifs (C(OH)–C–C–N with tert-alkyl or cyclic N) is 1. The number of halogens is 1. The first kappa shape index (κ1) is 16.8. The molecule has 0 aliphatic carbocycles. The van der Waals surface area contributed by atoms with Crippen molar-refractivity contribution >= 4 is 17.4 Å². The molecule has 3 N–H and O–H groups in total. The summed E-state index contributed by atoms with van der Waals surface area (Å²) in [4.78, 5) is 17.9. The highest BCUT2D eigenvalue weighted by Crippen LogP contribution is 2.24. The average molecular weight is 351 g/mol. The van der Waals surface area contributed by atoms with Crippen LogP contribution in [0.3, 0.4) is 0 Å². The zero-order valence-electron chi connectivity index (χ0n) is 12.9. The van der Waals surface area contributed by atoms with Crippen LogP contribution in [0.5, 0.6) is 0 Å². The van der Waals surface area contributed by atoms with E-state index in [0.717, 1.165) is 0 Å². The molecule has 0 spiro atoms. The number of urea groups is 1. The van der Waals surface area contributed by atoms with Crippen LogP contribution in [-0.2, 0) is 6.54 Å². The van der Waals surface area contributed by atoms with Crippen LogP contribution in [0.15, 0.2) is 29.6 Å². The number of hydrogen-bond donors (Lipinski definition) is 3. The van der Waals surface area contributed by atoms with Crippen LogP contribution in [0.25, 0.3) is 11.3 Å². The third kappa shape index (κ3) is 3.55. The smallest absolute Gasteiger partial charge is 0.318 e. The van der Waals surface area contributed by atoms with Gasteiger partial charge in [0.25, 0.3) is 0 Å². The zero-order valence-corrected chi connectivity index (χ0v) is 13.7. The van der Waals surface area contributed by atoms with Crippen LogP contribution >= 0.6 is 11.3 Å². The molecule has 1 aromatic carbocycles. The number of aliphatic hydroxyl groups is 2. The minimum Gasteiger partial charge on any atom is -0.394 e. The molecule has 8 heteroatoms. The number of carbonyl (C=O) groups excluding carboxylic acids is 1. The lowest BCUT2D eigenvalue weighted by atomic mass is 10.2. The second-order valence-corrected chi connectivity index (χ2v) is 6.59. The number of hydrogen-bond acceptors (Lipinski definition) is 5. The fourth-order valence-corrected chi connectivity index (χ4v) is 3.49. The van der Waals surface area contributed by atoms with E-state index in [1.165, 1.54) is 22.3 Å². The molecule has 3 rings (SSSR count). The molecule has 0 saturated carbocycles. The molecule has 1 saturated heterocycles. The summed E-state index contributed by atoms with van der Waals surface area (Å²) in [5, 5.41) is 24.0. The quantitative estimate of drug-likeness (QED) is 0.781. The van der Waals surface area contributed by atoms with Gasteiger partial charge >= 0.3 is 6.03 Å². The van der Waals surface area contributed by atoms with Crippen molar-refractivity contribution in [3.63, 3.8) is 0 Å². The molecule has 1 aromatic heterocycles. The van der Waals surface area contributed by atoms with Crippen LogP contribution in [0.1, 0.15) is 11.4 Å². The Labute approximate surface area is 142 Å². The van der Waals surface area contributed by atoms with E-state index in [2.05, 4.69) is 10.3 Å². The van der Waals surface area contributed by atoms with E-state index in [1.807, 2.05) is 0 Å². The zero-order chi connectivity index (χ0) is 17.1. The van der Waals surface area contributed by atoms with Gasteiger partial charge in [0.2, 0.25) is 0 Å². The first-order valence-corrected chi connectivity index (χ1v) is 8.49. The maximum Gasteiger partial charge on any atom is 0.318 e. The Balaban J connectivity index is 1.62. The van der Waals surface area contributed by atoms with Crippen molar-refractivity contribution in [3.8, 4) is 11.3 Å². The highest BCUT2D eigenvalue weighted by molar-refractivity contribution is 7.09.